The van der Waals surface area contributed by atoms with Crippen molar-refractivity contribution in [3.8, 4) is 0 Å². The van der Waals surface area contributed by atoms with E-state index >= 15 is 9.59 Å². The van der Waals surface area contributed by atoms with Gasteiger partial charge in [0.2, 0.25) is 6.10 Å². The zero-order valence-electron chi connectivity index (χ0n) is 43.3. The quantitative estimate of drug-likeness (QED) is 0.0811. The first-order valence-electron chi connectivity index (χ1n) is 24.2. The van der Waals surface area contributed by atoms with Crippen molar-refractivity contribution in [2.75, 3.05) is 41.0 Å². The number of amides is 1. The number of benzene rings is 2. The highest BCUT2D eigenvalue weighted by Gasteiger charge is 2.77. The summed E-state index contributed by atoms with van der Waals surface area (Å²) in [6.07, 6.45) is -7.88. The number of aliphatic hydroxyl groups is 1. The van der Waals surface area contributed by atoms with Crippen molar-refractivity contribution in [2.24, 2.45) is 28.6 Å². The second-order valence-corrected chi connectivity index (χ2v) is 21.7. The Morgan fingerprint density at radius 2 is 1.55 bits per heavy atom. The molecule has 2 aromatic carbocycles. The SMILES string of the molecule is CO[C@H]1C(=O)[C@]2(C)[C@@H](OC)C[C@H]3OC[C@@]3(OC(C)=O)[C@H]2[C@H](CC(=O)c2ccccc2)[C@]2(O)C[C@H](OC(=O)[C@H](OC(=O)CN(C)CC(=O)C(C)C)[C@@H](NC(=O)OC(C)(C)C)c3ccccc3)C(C)=C1C2(C)C. The van der Waals surface area contributed by atoms with Gasteiger partial charge in [-0.2, -0.15) is 0 Å². The van der Waals surface area contributed by atoms with Crippen molar-refractivity contribution in [3.05, 3.63) is 82.9 Å². The van der Waals surface area contributed by atoms with Gasteiger partial charge in [0.25, 0.3) is 0 Å². The molecule has 1 saturated heterocycles. The third-order valence-corrected chi connectivity index (χ3v) is 15.2. The Kier molecular flexibility index (Phi) is 16.3. The van der Waals surface area contributed by atoms with Crippen molar-refractivity contribution in [2.45, 2.75) is 142 Å². The van der Waals surface area contributed by atoms with E-state index in [1.54, 1.807) is 130 Å². The molecule has 1 heterocycles. The molecule has 6 rings (SSSR count). The van der Waals surface area contributed by atoms with Gasteiger partial charge >= 0.3 is 24.0 Å². The van der Waals surface area contributed by atoms with Crippen LogP contribution in [-0.2, 0) is 57.1 Å². The number of Topliss-reactive ketones (excluding diaryl/α,β-unsaturated/α-hetero) is 3. The Hall–Kier alpha value is -5.33. The molecule has 17 heteroatoms. The molecule has 1 amide bonds. The second kappa shape index (κ2) is 21.0. The van der Waals surface area contributed by atoms with Crippen LogP contribution < -0.4 is 5.32 Å². The van der Waals surface area contributed by atoms with Gasteiger partial charge in [0.05, 0.1) is 36.8 Å². The lowest BCUT2D eigenvalue weighted by Crippen LogP contribution is -2.80. The number of hydrogen-bond donors (Lipinski definition) is 2. The number of carbonyl (C=O) groups is 7. The third kappa shape index (κ3) is 10.6. The summed E-state index contributed by atoms with van der Waals surface area (Å²) in [5, 5.41) is 16.8. The maximum Gasteiger partial charge on any atom is 0.408 e. The molecule has 2 N–H and O–H groups in total. The lowest BCUT2D eigenvalue weighted by Gasteiger charge is -2.68. The number of esters is 3. The summed E-state index contributed by atoms with van der Waals surface area (Å²) < 4.78 is 42.9. The molecule has 4 aliphatic rings. The van der Waals surface area contributed by atoms with E-state index in [4.69, 9.17) is 33.2 Å². The number of rotatable bonds is 17. The third-order valence-electron chi connectivity index (χ3n) is 15.2. The summed E-state index contributed by atoms with van der Waals surface area (Å²) in [6, 6.07) is 15.4. The first-order valence-corrected chi connectivity index (χ1v) is 24.2. The van der Waals surface area contributed by atoms with Crippen LogP contribution in [0.3, 0.4) is 0 Å². The van der Waals surface area contributed by atoms with E-state index in [1.165, 1.54) is 26.0 Å². The first kappa shape index (κ1) is 55.0. The second-order valence-electron chi connectivity index (χ2n) is 21.7. The lowest BCUT2D eigenvalue weighted by molar-refractivity contribution is -0.341. The monoisotopic (exact) mass is 988 g/mol. The molecule has 0 aromatic heterocycles. The van der Waals surface area contributed by atoms with Crippen LogP contribution in [0.5, 0.6) is 0 Å². The molecule has 388 valence electrons. The number of hydrogen-bond acceptors (Lipinski definition) is 16. The summed E-state index contributed by atoms with van der Waals surface area (Å²) in [5.41, 5.74) is -6.30. The predicted octanol–water partition coefficient (Wildman–Crippen LogP) is 5.94. The number of nitrogens with zero attached hydrogens (tertiary/aromatic N) is 1. The van der Waals surface area contributed by atoms with Crippen molar-refractivity contribution in [3.63, 3.8) is 0 Å². The van der Waals surface area contributed by atoms with Crippen molar-refractivity contribution >= 4 is 41.4 Å². The number of nitrogens with one attached hydrogen (secondary N) is 1. The predicted molar refractivity (Wildman–Crippen MR) is 258 cm³/mol. The van der Waals surface area contributed by atoms with Gasteiger partial charge in [-0.25, -0.2) is 9.59 Å². The molecular formula is C54H72N2O15. The van der Waals surface area contributed by atoms with Crippen LogP contribution in [0, 0.1) is 28.6 Å². The largest absolute Gasteiger partial charge is 0.455 e. The van der Waals surface area contributed by atoms with E-state index < -0.39 is 112 Å². The van der Waals surface area contributed by atoms with Crippen LogP contribution in [0.4, 0.5) is 4.79 Å². The lowest BCUT2D eigenvalue weighted by atomic mass is 9.41. The number of carbonyl (C=O) groups excluding carboxylic acids is 7. The Balaban J connectivity index is 1.54. The average Bonchev–Trinajstić information content (AvgIpc) is 3.28. The molecule has 0 unspecified atom stereocenters. The number of likely N-dealkylation sites (N-methyl/N-ethyl adjacent to an activating group) is 1. The van der Waals surface area contributed by atoms with Gasteiger partial charge in [-0.3, -0.25) is 28.9 Å². The number of ketones is 3. The smallest absolute Gasteiger partial charge is 0.408 e. The minimum Gasteiger partial charge on any atom is -0.455 e. The zero-order chi connectivity index (χ0) is 52.6. The fraction of sp³-hybridized carbons (Fsp3) is 0.611. The van der Waals surface area contributed by atoms with Gasteiger partial charge in [-0.05, 0) is 58.4 Å². The maximum atomic E-state index is 15.9. The fourth-order valence-corrected chi connectivity index (χ4v) is 11.7. The van der Waals surface area contributed by atoms with Crippen LogP contribution in [0.1, 0.15) is 110 Å². The van der Waals surface area contributed by atoms with E-state index in [1.807, 2.05) is 0 Å². The molecule has 3 aliphatic carbocycles. The minimum absolute atomic E-state index is 0.0898. The molecule has 1 aliphatic heterocycles. The van der Waals surface area contributed by atoms with Gasteiger partial charge in [0.15, 0.2) is 17.2 Å². The average molecular weight is 989 g/mol. The molecule has 0 spiro atoms. The highest BCUT2D eigenvalue weighted by atomic mass is 16.6. The molecule has 11 atom stereocenters. The number of alkyl carbamates (subject to hydrolysis) is 1. The Bertz CT molecular complexity index is 2380. The fourth-order valence-electron chi connectivity index (χ4n) is 11.7. The summed E-state index contributed by atoms with van der Waals surface area (Å²) in [6.45, 7) is 15.9. The summed E-state index contributed by atoms with van der Waals surface area (Å²) in [5.74, 6) is -6.40. The Morgan fingerprint density at radius 1 is 0.930 bits per heavy atom. The summed E-state index contributed by atoms with van der Waals surface area (Å²) in [4.78, 5) is 101. The molecule has 0 radical (unpaired) electrons. The number of methoxy groups -OCH3 is 2. The van der Waals surface area contributed by atoms with Crippen LogP contribution >= 0.6 is 0 Å². The molecular weight excluding hydrogens is 917 g/mol. The van der Waals surface area contributed by atoms with Crippen molar-refractivity contribution < 1.29 is 71.8 Å². The Labute approximate surface area is 416 Å². The van der Waals surface area contributed by atoms with Crippen LogP contribution in [0.25, 0.3) is 0 Å². The van der Waals surface area contributed by atoms with Crippen LogP contribution in [0.15, 0.2) is 71.8 Å². The molecule has 3 fully saturated rings. The maximum absolute atomic E-state index is 15.9. The number of fused-ring (bicyclic) bond motifs is 5. The first-order chi connectivity index (χ1) is 33.2. The van der Waals surface area contributed by atoms with E-state index in [0.717, 1.165) is 0 Å². The Morgan fingerprint density at radius 3 is 2.08 bits per heavy atom. The van der Waals surface area contributed by atoms with Crippen LogP contribution in [-0.4, -0.2) is 140 Å². The highest BCUT2D eigenvalue weighted by molar-refractivity contribution is 5.97. The van der Waals surface area contributed by atoms with Gasteiger partial charge < -0.3 is 43.6 Å². The molecule has 2 saturated carbocycles. The molecule has 2 bridgehead atoms. The van der Waals surface area contributed by atoms with Crippen molar-refractivity contribution in [1.29, 1.82) is 0 Å². The van der Waals surface area contributed by atoms with Gasteiger partial charge in [0.1, 0.15) is 35.7 Å². The standard InChI is InChI=1S/C54H72N2O15/c1-30(2)37(59)27-56(11)28-41(60)69-45(43(34-22-18-15-19-23-34)55-49(63)71-50(5,6)7)48(62)68-38-26-54(64)35(24-36(58)33-20-16-14-17-21-33)46-52(10,47(61)44(66-13)42(31(38)3)51(54,8)9)39(65-12)25-40-53(46,29-67-40)70-32(4)57/h14-23,30,35,38-40,43-46,64H,24-29H2,1-13H3,(H,55,63)/t35-,38-,39-,40+,43-,44+,45+,46-,52+,53-,54+/m0/s1. The summed E-state index contributed by atoms with van der Waals surface area (Å²) in [7, 11) is 4.38. The topological polar surface area (TPSA) is 220 Å². The van der Waals surface area contributed by atoms with E-state index in [0.29, 0.717) is 16.7 Å². The molecule has 71 heavy (non-hydrogen) atoms. The van der Waals surface area contributed by atoms with Gasteiger partial charge in [-0.15, -0.1) is 0 Å². The zero-order valence-corrected chi connectivity index (χ0v) is 43.3. The number of ether oxygens (including phenoxy) is 7. The molecule has 2 aromatic rings. The van der Waals surface area contributed by atoms with Gasteiger partial charge in [0, 0.05) is 69.1 Å². The van der Waals surface area contributed by atoms with Gasteiger partial charge in [-0.1, -0.05) is 88.4 Å². The van der Waals surface area contributed by atoms with E-state index in [-0.39, 0.29) is 55.5 Å². The van der Waals surface area contributed by atoms with Crippen LogP contribution in [0.2, 0.25) is 0 Å². The summed E-state index contributed by atoms with van der Waals surface area (Å²) >= 11 is 0. The van der Waals surface area contributed by atoms with E-state index in [2.05, 4.69) is 5.32 Å². The molecule has 17 nitrogen and oxygen atoms in total. The minimum atomic E-state index is -2.09. The van der Waals surface area contributed by atoms with E-state index in [9.17, 15) is 29.1 Å². The normalized spacial score (nSPS) is 29.8. The van der Waals surface area contributed by atoms with Crippen molar-refractivity contribution in [1.82, 2.24) is 10.2 Å². The highest BCUT2D eigenvalue weighted by Crippen LogP contribution is 2.66.